The Balaban J connectivity index is 1.39. The molecular formula is C25H26F3N3O2. The monoisotopic (exact) mass is 457 g/mol. The van der Waals surface area contributed by atoms with Gasteiger partial charge in [0, 0.05) is 31.4 Å². The third-order valence-corrected chi connectivity index (χ3v) is 7.19. The molecule has 1 saturated carbocycles. The summed E-state index contributed by atoms with van der Waals surface area (Å²) in [6.07, 6.45) is 4.34. The molecule has 1 amide bonds. The Bertz CT molecular complexity index is 1210. The van der Waals surface area contributed by atoms with E-state index < -0.39 is 28.6 Å². The second-order valence-electron chi connectivity index (χ2n) is 10.2. The van der Waals surface area contributed by atoms with Crippen LogP contribution >= 0.6 is 0 Å². The van der Waals surface area contributed by atoms with Crippen molar-refractivity contribution in [3.63, 3.8) is 0 Å². The number of nitrogens with one attached hydrogen (secondary N) is 1. The van der Waals surface area contributed by atoms with E-state index in [-0.39, 0.29) is 59.8 Å². The smallest absolute Gasteiger partial charge is 0.225 e. The van der Waals surface area contributed by atoms with Gasteiger partial charge in [0.1, 0.15) is 17.3 Å². The van der Waals surface area contributed by atoms with Crippen molar-refractivity contribution in [1.29, 1.82) is 0 Å². The molecule has 2 aliphatic rings. The minimum absolute atomic E-state index is 0.00928. The zero-order chi connectivity index (χ0) is 23.5. The number of H-pyrrole nitrogens is 1. The average molecular weight is 457 g/mol. The second kappa shape index (κ2) is 7.58. The molecule has 8 heteroatoms. The summed E-state index contributed by atoms with van der Waals surface area (Å²) in [6, 6.07) is 3.73. The molecule has 0 spiro atoms. The quantitative estimate of drug-likeness (QED) is 0.588. The molecule has 0 atom stereocenters. The standard InChI is InChI=1S/C25H26F3N3O2/c1-24(2)11-15(12-24)23(32)31-7-4-25(33,5-8-31)21-17(26)9-14(10-18(21)27)16-3-6-29-22-20(16)19(28)13-30-22/h3,6,9-10,13,15,33H,4-5,7-8,11-12H2,1-2H3,(H,29,30). The van der Waals surface area contributed by atoms with Gasteiger partial charge in [0.25, 0.3) is 0 Å². The van der Waals surface area contributed by atoms with Gasteiger partial charge in [0.2, 0.25) is 5.91 Å². The largest absolute Gasteiger partial charge is 0.385 e. The number of amides is 1. The third-order valence-electron chi connectivity index (χ3n) is 7.19. The number of likely N-dealkylation sites (tertiary alicyclic amines) is 1. The first-order valence-corrected chi connectivity index (χ1v) is 11.2. The van der Waals surface area contributed by atoms with Crippen LogP contribution in [0.25, 0.3) is 22.2 Å². The predicted molar refractivity (Wildman–Crippen MR) is 118 cm³/mol. The zero-order valence-electron chi connectivity index (χ0n) is 18.6. The van der Waals surface area contributed by atoms with Crippen molar-refractivity contribution < 1.29 is 23.1 Å². The van der Waals surface area contributed by atoms with Crippen LogP contribution in [0.15, 0.2) is 30.6 Å². The van der Waals surface area contributed by atoms with Crippen molar-refractivity contribution in [2.24, 2.45) is 11.3 Å². The molecule has 5 rings (SSSR count). The van der Waals surface area contributed by atoms with Crippen LogP contribution in [0.5, 0.6) is 0 Å². The number of aromatic nitrogens is 2. The second-order valence-corrected chi connectivity index (χ2v) is 10.2. The molecule has 0 radical (unpaired) electrons. The number of carbonyl (C=O) groups is 1. The van der Waals surface area contributed by atoms with Gasteiger partial charge >= 0.3 is 0 Å². The van der Waals surface area contributed by atoms with Gasteiger partial charge in [-0.2, -0.15) is 0 Å². The Morgan fingerprint density at radius 2 is 1.76 bits per heavy atom. The molecule has 1 aromatic carbocycles. The number of fused-ring (bicyclic) bond motifs is 1. The number of hydrogen-bond donors (Lipinski definition) is 2. The van der Waals surface area contributed by atoms with E-state index in [1.807, 2.05) is 0 Å². The first-order chi connectivity index (χ1) is 15.6. The molecule has 174 valence electrons. The lowest BCUT2D eigenvalue weighted by atomic mass is 9.64. The van der Waals surface area contributed by atoms with E-state index in [1.165, 1.54) is 12.3 Å². The summed E-state index contributed by atoms with van der Waals surface area (Å²) < 4.78 is 44.6. The van der Waals surface area contributed by atoms with Crippen molar-refractivity contribution >= 4 is 16.9 Å². The molecule has 0 bridgehead atoms. The maximum Gasteiger partial charge on any atom is 0.225 e. The van der Waals surface area contributed by atoms with Crippen LogP contribution < -0.4 is 0 Å². The lowest BCUT2D eigenvalue weighted by Gasteiger charge is -2.46. The van der Waals surface area contributed by atoms with Gasteiger partial charge in [-0.15, -0.1) is 0 Å². The molecule has 1 aliphatic carbocycles. The van der Waals surface area contributed by atoms with E-state index in [0.717, 1.165) is 31.2 Å². The number of pyridine rings is 1. The summed E-state index contributed by atoms with van der Waals surface area (Å²) in [5, 5.41) is 11.3. The van der Waals surface area contributed by atoms with E-state index in [1.54, 1.807) is 4.90 Å². The fourth-order valence-electron chi connectivity index (χ4n) is 5.48. The van der Waals surface area contributed by atoms with E-state index in [4.69, 9.17) is 0 Å². The van der Waals surface area contributed by atoms with Crippen LogP contribution in [0.2, 0.25) is 0 Å². The van der Waals surface area contributed by atoms with Crippen molar-refractivity contribution in [3.05, 3.63) is 53.6 Å². The van der Waals surface area contributed by atoms with E-state index in [9.17, 15) is 14.3 Å². The molecule has 3 aromatic rings. The molecule has 3 heterocycles. The van der Waals surface area contributed by atoms with Crippen LogP contribution in [-0.2, 0) is 10.4 Å². The number of aliphatic hydroxyl groups is 1. The highest BCUT2D eigenvalue weighted by molar-refractivity contribution is 5.93. The predicted octanol–water partition coefficient (Wildman–Crippen LogP) is 4.89. The Kier molecular flexibility index (Phi) is 5.04. The number of carbonyl (C=O) groups excluding carboxylic acids is 1. The summed E-state index contributed by atoms with van der Waals surface area (Å²) in [7, 11) is 0. The summed E-state index contributed by atoms with van der Waals surface area (Å²) in [5.41, 5.74) is -1.20. The maximum absolute atomic E-state index is 15.2. The Morgan fingerprint density at radius 1 is 1.12 bits per heavy atom. The number of aromatic amines is 1. The first kappa shape index (κ1) is 21.9. The molecule has 2 fully saturated rings. The summed E-state index contributed by atoms with van der Waals surface area (Å²) in [4.78, 5) is 21.1. The minimum Gasteiger partial charge on any atom is -0.385 e. The topological polar surface area (TPSA) is 69.2 Å². The summed E-state index contributed by atoms with van der Waals surface area (Å²) >= 11 is 0. The van der Waals surface area contributed by atoms with E-state index >= 15 is 8.78 Å². The van der Waals surface area contributed by atoms with Crippen LogP contribution in [0, 0.1) is 28.8 Å². The van der Waals surface area contributed by atoms with E-state index in [0.29, 0.717) is 5.56 Å². The SMILES string of the molecule is CC1(C)CC(C(=O)N2CCC(O)(c3c(F)cc(-c4ccnc5[nH]cc(F)c45)cc3F)CC2)C1. The third kappa shape index (κ3) is 3.70. The van der Waals surface area contributed by atoms with Crippen molar-refractivity contribution in [2.75, 3.05) is 13.1 Å². The van der Waals surface area contributed by atoms with Crippen molar-refractivity contribution in [3.8, 4) is 11.1 Å². The zero-order valence-corrected chi connectivity index (χ0v) is 18.6. The lowest BCUT2D eigenvalue weighted by Crippen LogP contribution is -2.50. The van der Waals surface area contributed by atoms with Gasteiger partial charge in [0.15, 0.2) is 5.82 Å². The number of piperidine rings is 1. The minimum atomic E-state index is -1.71. The van der Waals surface area contributed by atoms with Crippen molar-refractivity contribution in [2.45, 2.75) is 45.1 Å². The lowest BCUT2D eigenvalue weighted by molar-refractivity contribution is -0.147. The highest BCUT2D eigenvalue weighted by Crippen LogP contribution is 2.46. The highest BCUT2D eigenvalue weighted by Gasteiger charge is 2.45. The molecule has 33 heavy (non-hydrogen) atoms. The number of rotatable bonds is 3. The Hall–Kier alpha value is -2.87. The molecule has 1 aliphatic heterocycles. The number of halogens is 3. The van der Waals surface area contributed by atoms with Gasteiger partial charge in [-0.3, -0.25) is 4.79 Å². The fraction of sp³-hybridized carbons (Fsp3) is 0.440. The molecule has 0 unspecified atom stereocenters. The van der Waals surface area contributed by atoms with Crippen LogP contribution in [0.4, 0.5) is 13.2 Å². The first-order valence-electron chi connectivity index (χ1n) is 11.2. The van der Waals surface area contributed by atoms with Crippen LogP contribution in [0.1, 0.15) is 45.1 Å². The van der Waals surface area contributed by atoms with Crippen LogP contribution in [-0.4, -0.2) is 39.0 Å². The van der Waals surface area contributed by atoms with Gasteiger partial charge < -0.3 is 15.0 Å². The summed E-state index contributed by atoms with van der Waals surface area (Å²) in [5.74, 6) is -2.31. The van der Waals surface area contributed by atoms with Crippen molar-refractivity contribution in [1.82, 2.24) is 14.9 Å². The van der Waals surface area contributed by atoms with Crippen LogP contribution in [0.3, 0.4) is 0 Å². The molecule has 2 aromatic heterocycles. The highest BCUT2D eigenvalue weighted by atomic mass is 19.1. The Labute approximate surface area is 189 Å². The van der Waals surface area contributed by atoms with Gasteiger partial charge in [-0.25, -0.2) is 18.2 Å². The molecule has 5 nitrogen and oxygen atoms in total. The van der Waals surface area contributed by atoms with Gasteiger partial charge in [-0.05, 0) is 60.4 Å². The van der Waals surface area contributed by atoms with Gasteiger partial charge in [-0.1, -0.05) is 13.8 Å². The molecule has 2 N–H and O–H groups in total. The number of nitrogens with zero attached hydrogens (tertiary/aromatic N) is 2. The number of benzene rings is 1. The van der Waals surface area contributed by atoms with Gasteiger partial charge in [0.05, 0.1) is 16.6 Å². The number of hydrogen-bond acceptors (Lipinski definition) is 3. The normalized spacial score (nSPS) is 20.1. The van der Waals surface area contributed by atoms with E-state index in [2.05, 4.69) is 23.8 Å². The fourth-order valence-corrected chi connectivity index (χ4v) is 5.48. The average Bonchev–Trinajstić information content (AvgIpc) is 3.12. The Morgan fingerprint density at radius 3 is 2.36 bits per heavy atom. The molecule has 1 saturated heterocycles. The summed E-state index contributed by atoms with van der Waals surface area (Å²) in [6.45, 7) is 4.74. The molecular weight excluding hydrogens is 431 g/mol. The maximum atomic E-state index is 15.2.